The standard InChI is InChI=1S/C26H34N8O3S/c1-31(7-8-32-9-11-36-12-10-32)26-30-19-13-20(33-5-3-2-4-6-33)21(14-23(19)37-26)34-22(24(27)35)17-38-25(34)18-15-28-29-16-18/h13-17,25H,2-12H2,1H3,(H2,27,35)(H,28,29). The van der Waals surface area contributed by atoms with Gasteiger partial charge in [0.2, 0.25) is 0 Å². The Balaban J connectivity index is 1.37. The minimum absolute atomic E-state index is 0.171. The molecule has 38 heavy (non-hydrogen) atoms. The molecular formula is C26H34N8O3S. The molecule has 1 unspecified atom stereocenters. The van der Waals surface area contributed by atoms with Crippen LogP contribution in [0.15, 0.2) is 40.0 Å². The number of carbonyl (C=O) groups excluding carboxylic acids is 1. The van der Waals surface area contributed by atoms with Crippen molar-refractivity contribution in [2.24, 2.45) is 5.73 Å². The van der Waals surface area contributed by atoms with Gasteiger partial charge >= 0.3 is 0 Å². The van der Waals surface area contributed by atoms with E-state index in [1.54, 1.807) is 18.0 Å². The minimum Gasteiger partial charge on any atom is -0.423 e. The van der Waals surface area contributed by atoms with Gasteiger partial charge in [0.1, 0.15) is 16.6 Å². The molecule has 11 nitrogen and oxygen atoms in total. The number of morpholine rings is 1. The van der Waals surface area contributed by atoms with E-state index in [1.807, 2.05) is 29.6 Å². The lowest BCUT2D eigenvalue weighted by Gasteiger charge is -2.35. The number of fused-ring (bicyclic) bond motifs is 1. The summed E-state index contributed by atoms with van der Waals surface area (Å²) in [7, 11) is 2.01. The third kappa shape index (κ3) is 4.95. The van der Waals surface area contributed by atoms with Crippen LogP contribution in [0.25, 0.3) is 11.1 Å². The number of likely N-dealkylation sites (N-methyl/N-ethyl adjacent to an activating group) is 1. The average Bonchev–Trinajstić information content (AvgIpc) is 3.71. The molecule has 6 rings (SSSR count). The highest BCUT2D eigenvalue weighted by Crippen LogP contribution is 2.49. The van der Waals surface area contributed by atoms with Crippen molar-refractivity contribution in [2.45, 2.75) is 24.6 Å². The van der Waals surface area contributed by atoms with Crippen molar-refractivity contribution in [3.8, 4) is 0 Å². The van der Waals surface area contributed by atoms with Crippen LogP contribution in [0.5, 0.6) is 0 Å². The summed E-state index contributed by atoms with van der Waals surface area (Å²) >= 11 is 1.55. The molecule has 0 radical (unpaired) electrons. The zero-order chi connectivity index (χ0) is 26.1. The lowest BCUT2D eigenvalue weighted by atomic mass is 10.1. The smallest absolute Gasteiger partial charge is 0.298 e. The molecule has 1 amide bonds. The number of primary amides is 1. The van der Waals surface area contributed by atoms with Crippen LogP contribution in [0.2, 0.25) is 0 Å². The number of ether oxygens (including phenoxy) is 1. The largest absolute Gasteiger partial charge is 0.423 e. The summed E-state index contributed by atoms with van der Waals surface area (Å²) in [4.78, 5) is 26.3. The van der Waals surface area contributed by atoms with Gasteiger partial charge in [0.15, 0.2) is 5.58 Å². The Bertz CT molecular complexity index is 1300. The quantitative estimate of drug-likeness (QED) is 0.443. The zero-order valence-corrected chi connectivity index (χ0v) is 22.5. The molecule has 2 fully saturated rings. The highest BCUT2D eigenvalue weighted by atomic mass is 32.2. The number of nitrogens with one attached hydrogen (secondary N) is 1. The maximum atomic E-state index is 12.6. The van der Waals surface area contributed by atoms with E-state index in [1.165, 1.54) is 6.42 Å². The molecule has 0 aliphatic carbocycles. The van der Waals surface area contributed by atoms with E-state index < -0.39 is 5.91 Å². The van der Waals surface area contributed by atoms with E-state index >= 15 is 0 Å². The van der Waals surface area contributed by atoms with Gasteiger partial charge in [-0.3, -0.25) is 14.8 Å². The van der Waals surface area contributed by atoms with Gasteiger partial charge in [-0.15, -0.1) is 11.8 Å². The molecule has 3 N–H and O–H groups in total. The Hall–Kier alpha value is -3.22. The van der Waals surface area contributed by atoms with Crippen LogP contribution in [0.3, 0.4) is 0 Å². The number of nitrogens with zero attached hydrogens (tertiary/aromatic N) is 6. The number of benzene rings is 1. The highest BCUT2D eigenvalue weighted by molar-refractivity contribution is 8.02. The van der Waals surface area contributed by atoms with Gasteiger partial charge in [-0.1, -0.05) is 0 Å². The zero-order valence-electron chi connectivity index (χ0n) is 21.6. The van der Waals surface area contributed by atoms with Crippen LogP contribution in [0.1, 0.15) is 30.2 Å². The van der Waals surface area contributed by atoms with Crippen molar-refractivity contribution in [3.63, 3.8) is 0 Å². The number of anilines is 3. The maximum Gasteiger partial charge on any atom is 0.298 e. The predicted octanol–water partition coefficient (Wildman–Crippen LogP) is 2.89. The van der Waals surface area contributed by atoms with Gasteiger partial charge in [-0.2, -0.15) is 10.1 Å². The lowest BCUT2D eigenvalue weighted by molar-refractivity contribution is -0.114. The van der Waals surface area contributed by atoms with E-state index in [0.29, 0.717) is 17.3 Å². The normalized spacial score (nSPS) is 20.8. The fraction of sp³-hybridized carbons (Fsp3) is 0.500. The first-order valence-electron chi connectivity index (χ1n) is 13.2. The van der Waals surface area contributed by atoms with Crippen molar-refractivity contribution in [1.82, 2.24) is 20.1 Å². The number of aromatic amines is 1. The number of hydrogen-bond acceptors (Lipinski definition) is 10. The van der Waals surface area contributed by atoms with Crippen molar-refractivity contribution >= 4 is 46.2 Å². The van der Waals surface area contributed by atoms with Gasteiger partial charge in [0.25, 0.3) is 11.9 Å². The molecule has 2 aromatic heterocycles. The SMILES string of the molecule is CN(CCN1CCOCC1)c1nc2cc(N3CCCCC3)c(N3C(C(N)=O)=CSC3c3cn[nH]c3)cc2o1. The average molecular weight is 539 g/mol. The molecule has 5 heterocycles. The second-order valence-electron chi connectivity index (χ2n) is 9.99. The van der Waals surface area contributed by atoms with Crippen LogP contribution in [0.4, 0.5) is 17.4 Å². The number of thioether (sulfide) groups is 1. The summed E-state index contributed by atoms with van der Waals surface area (Å²) in [5, 5.41) is 8.71. The molecule has 3 aliphatic rings. The van der Waals surface area contributed by atoms with E-state index in [0.717, 1.165) is 87.8 Å². The van der Waals surface area contributed by atoms with Gasteiger partial charge in [0, 0.05) is 69.6 Å². The van der Waals surface area contributed by atoms with Gasteiger partial charge in [0.05, 0.1) is 30.8 Å². The Morgan fingerprint density at radius 1 is 1.18 bits per heavy atom. The third-order valence-electron chi connectivity index (χ3n) is 7.47. The number of nitrogens with two attached hydrogens (primary N) is 1. The summed E-state index contributed by atoms with van der Waals surface area (Å²) in [6, 6.07) is 4.71. The Morgan fingerprint density at radius 2 is 2.00 bits per heavy atom. The molecular weight excluding hydrogens is 504 g/mol. The van der Waals surface area contributed by atoms with Crippen LogP contribution >= 0.6 is 11.8 Å². The first-order chi connectivity index (χ1) is 18.6. The number of H-pyrrole nitrogens is 1. The summed E-state index contributed by atoms with van der Waals surface area (Å²) in [5.41, 5.74) is 10.7. The first-order valence-corrected chi connectivity index (χ1v) is 14.2. The van der Waals surface area contributed by atoms with Crippen molar-refractivity contribution in [3.05, 3.63) is 41.2 Å². The summed E-state index contributed by atoms with van der Waals surface area (Å²) in [6.07, 6.45) is 7.13. The van der Waals surface area contributed by atoms with Crippen LogP contribution < -0.4 is 20.4 Å². The number of aromatic nitrogens is 3. The molecule has 1 aromatic carbocycles. The van der Waals surface area contributed by atoms with E-state index in [2.05, 4.69) is 31.0 Å². The summed E-state index contributed by atoms with van der Waals surface area (Å²) < 4.78 is 11.8. The molecule has 0 bridgehead atoms. The minimum atomic E-state index is -0.464. The number of rotatable bonds is 8. The van der Waals surface area contributed by atoms with E-state index in [9.17, 15) is 4.79 Å². The molecule has 0 saturated carbocycles. The molecule has 0 spiro atoms. The van der Waals surface area contributed by atoms with Crippen LogP contribution in [0, 0.1) is 0 Å². The monoisotopic (exact) mass is 538 g/mol. The fourth-order valence-corrected chi connectivity index (χ4v) is 6.45. The number of amides is 1. The Labute approximate surface area is 225 Å². The van der Waals surface area contributed by atoms with Crippen LogP contribution in [-0.2, 0) is 9.53 Å². The van der Waals surface area contributed by atoms with Crippen molar-refractivity contribution in [2.75, 3.05) is 74.2 Å². The number of carbonyl (C=O) groups is 1. The highest BCUT2D eigenvalue weighted by Gasteiger charge is 2.36. The van der Waals surface area contributed by atoms with Gasteiger partial charge < -0.3 is 29.6 Å². The molecule has 2 saturated heterocycles. The van der Waals surface area contributed by atoms with E-state index in [-0.39, 0.29) is 5.37 Å². The lowest BCUT2D eigenvalue weighted by Crippen LogP contribution is -2.40. The number of oxazole rings is 1. The van der Waals surface area contributed by atoms with Gasteiger partial charge in [-0.05, 0) is 25.3 Å². The third-order valence-corrected chi connectivity index (χ3v) is 8.57. The topological polar surface area (TPSA) is 120 Å². The Kier molecular flexibility index (Phi) is 7.18. The molecule has 12 heteroatoms. The van der Waals surface area contributed by atoms with Crippen LogP contribution in [-0.4, -0.2) is 85.5 Å². The first kappa shape index (κ1) is 25.1. The molecule has 202 valence electrons. The van der Waals surface area contributed by atoms with Gasteiger partial charge in [-0.25, -0.2) is 0 Å². The molecule has 3 aromatic rings. The number of piperidine rings is 1. The summed E-state index contributed by atoms with van der Waals surface area (Å²) in [6.45, 7) is 7.10. The fourth-order valence-electron chi connectivity index (χ4n) is 5.33. The van der Waals surface area contributed by atoms with E-state index in [4.69, 9.17) is 19.9 Å². The second-order valence-corrected chi connectivity index (χ2v) is 10.9. The predicted molar refractivity (Wildman–Crippen MR) is 149 cm³/mol. The van der Waals surface area contributed by atoms with Crippen molar-refractivity contribution in [1.29, 1.82) is 0 Å². The van der Waals surface area contributed by atoms with Crippen molar-refractivity contribution < 1.29 is 13.9 Å². The molecule has 1 atom stereocenters. The second kappa shape index (κ2) is 10.9. The summed E-state index contributed by atoms with van der Waals surface area (Å²) in [5.74, 6) is -0.464. The Morgan fingerprint density at radius 3 is 2.74 bits per heavy atom. The maximum absolute atomic E-state index is 12.6. The number of hydrogen-bond donors (Lipinski definition) is 2. The molecule has 3 aliphatic heterocycles.